The summed E-state index contributed by atoms with van der Waals surface area (Å²) in [5, 5.41) is 3.36. The van der Waals surface area contributed by atoms with Crippen LogP contribution in [-0.2, 0) is 0 Å². The van der Waals surface area contributed by atoms with Crippen molar-refractivity contribution in [3.8, 4) is 11.5 Å². The van der Waals surface area contributed by atoms with E-state index < -0.39 is 0 Å². The van der Waals surface area contributed by atoms with Gasteiger partial charge in [0, 0.05) is 49.2 Å². The third kappa shape index (κ3) is 5.16. The number of carbonyl (C=O) groups excluding carboxylic acids is 1. The first kappa shape index (κ1) is 22.4. The third-order valence-corrected chi connectivity index (χ3v) is 5.65. The van der Waals surface area contributed by atoms with Crippen LogP contribution in [-0.4, -0.2) is 61.2 Å². The van der Waals surface area contributed by atoms with Crippen molar-refractivity contribution in [2.24, 2.45) is 0 Å². The fourth-order valence-electron chi connectivity index (χ4n) is 3.80. The number of ether oxygens (including phenoxy) is 2. The minimum atomic E-state index is -0.0255. The van der Waals surface area contributed by atoms with Gasteiger partial charge in [-0.2, -0.15) is 4.98 Å². The van der Waals surface area contributed by atoms with E-state index in [0.29, 0.717) is 49.2 Å². The summed E-state index contributed by atoms with van der Waals surface area (Å²) in [5.74, 6) is 2.55. The van der Waals surface area contributed by atoms with Crippen molar-refractivity contribution in [1.82, 2.24) is 14.9 Å². The zero-order valence-corrected chi connectivity index (χ0v) is 19.5. The lowest BCUT2D eigenvalue weighted by atomic mass is 10.1. The summed E-state index contributed by atoms with van der Waals surface area (Å²) in [6.07, 6.45) is 0. The molecule has 4 rings (SSSR count). The molecular weight excluding hydrogens is 418 g/mol. The summed E-state index contributed by atoms with van der Waals surface area (Å²) in [5.41, 5.74) is 3.66. The summed E-state index contributed by atoms with van der Waals surface area (Å²) >= 11 is 0. The standard InChI is InChI=1S/C25H29N5O3/c1-17-5-8-20(9-6-17)27-23-15-18(2)26-25(28-23)30-13-11-29(12-14-30)24(31)19-7-10-21(32-3)22(16-19)33-4/h5-10,15-16H,11-14H2,1-4H3,(H,26,27,28). The van der Waals surface area contributed by atoms with Crippen LogP contribution in [0.4, 0.5) is 17.5 Å². The smallest absolute Gasteiger partial charge is 0.254 e. The maximum absolute atomic E-state index is 13.0. The van der Waals surface area contributed by atoms with Crippen LogP contribution in [0.2, 0.25) is 0 Å². The minimum Gasteiger partial charge on any atom is -0.493 e. The predicted octanol–water partition coefficient (Wildman–Crippen LogP) is 3.82. The Morgan fingerprint density at radius 2 is 1.58 bits per heavy atom. The number of nitrogens with zero attached hydrogens (tertiary/aromatic N) is 4. The molecule has 1 aliphatic heterocycles. The van der Waals surface area contributed by atoms with Crippen molar-refractivity contribution in [3.63, 3.8) is 0 Å². The molecule has 1 fully saturated rings. The normalized spacial score (nSPS) is 13.6. The number of aromatic nitrogens is 2. The van der Waals surface area contributed by atoms with Gasteiger partial charge in [0.15, 0.2) is 11.5 Å². The molecule has 0 bridgehead atoms. The number of hydrogen-bond donors (Lipinski definition) is 1. The maximum atomic E-state index is 13.0. The number of methoxy groups -OCH3 is 2. The second kappa shape index (κ2) is 9.77. The second-order valence-corrected chi connectivity index (χ2v) is 8.03. The highest BCUT2D eigenvalue weighted by molar-refractivity contribution is 5.95. The zero-order valence-electron chi connectivity index (χ0n) is 19.5. The highest BCUT2D eigenvalue weighted by atomic mass is 16.5. The Hall–Kier alpha value is -3.81. The van der Waals surface area contributed by atoms with E-state index in [9.17, 15) is 4.79 Å². The van der Waals surface area contributed by atoms with Gasteiger partial charge >= 0.3 is 0 Å². The van der Waals surface area contributed by atoms with Crippen molar-refractivity contribution >= 4 is 23.4 Å². The minimum absolute atomic E-state index is 0.0255. The number of nitrogens with one attached hydrogen (secondary N) is 1. The second-order valence-electron chi connectivity index (χ2n) is 8.03. The van der Waals surface area contributed by atoms with Crippen molar-refractivity contribution < 1.29 is 14.3 Å². The molecule has 0 spiro atoms. The van der Waals surface area contributed by atoms with Gasteiger partial charge in [0.2, 0.25) is 5.95 Å². The quantitative estimate of drug-likeness (QED) is 0.615. The first-order valence-electron chi connectivity index (χ1n) is 10.9. The third-order valence-electron chi connectivity index (χ3n) is 5.65. The average molecular weight is 448 g/mol. The molecule has 0 unspecified atom stereocenters. The Balaban J connectivity index is 1.43. The Morgan fingerprint density at radius 1 is 0.879 bits per heavy atom. The number of rotatable bonds is 6. The van der Waals surface area contributed by atoms with Gasteiger partial charge in [-0.25, -0.2) is 4.98 Å². The van der Waals surface area contributed by atoms with E-state index in [-0.39, 0.29) is 5.91 Å². The molecule has 1 amide bonds. The Kier molecular flexibility index (Phi) is 6.63. The average Bonchev–Trinajstić information content (AvgIpc) is 2.84. The van der Waals surface area contributed by atoms with Gasteiger partial charge in [-0.3, -0.25) is 4.79 Å². The maximum Gasteiger partial charge on any atom is 0.254 e. The van der Waals surface area contributed by atoms with E-state index in [1.54, 1.807) is 32.4 Å². The van der Waals surface area contributed by atoms with Gasteiger partial charge in [-0.15, -0.1) is 0 Å². The molecule has 2 aromatic carbocycles. The van der Waals surface area contributed by atoms with E-state index in [4.69, 9.17) is 14.5 Å². The fraction of sp³-hybridized carbons (Fsp3) is 0.320. The van der Waals surface area contributed by atoms with Crippen LogP contribution < -0.4 is 19.7 Å². The van der Waals surface area contributed by atoms with Gasteiger partial charge in [-0.05, 0) is 44.2 Å². The lowest BCUT2D eigenvalue weighted by Crippen LogP contribution is -2.49. The molecule has 1 aliphatic rings. The summed E-state index contributed by atoms with van der Waals surface area (Å²) in [6.45, 7) is 6.52. The molecule has 2 heterocycles. The van der Waals surface area contributed by atoms with E-state index in [1.165, 1.54) is 5.56 Å². The van der Waals surface area contributed by atoms with E-state index in [1.807, 2.05) is 30.0 Å². The van der Waals surface area contributed by atoms with Crippen molar-refractivity contribution in [1.29, 1.82) is 0 Å². The van der Waals surface area contributed by atoms with Crippen LogP contribution in [0.5, 0.6) is 11.5 Å². The molecule has 3 aromatic rings. The fourth-order valence-corrected chi connectivity index (χ4v) is 3.80. The molecule has 1 N–H and O–H groups in total. The number of aryl methyl sites for hydroxylation is 2. The van der Waals surface area contributed by atoms with Gasteiger partial charge in [-0.1, -0.05) is 17.7 Å². The van der Waals surface area contributed by atoms with E-state index in [0.717, 1.165) is 17.2 Å². The van der Waals surface area contributed by atoms with Crippen LogP contribution in [0.15, 0.2) is 48.5 Å². The monoisotopic (exact) mass is 447 g/mol. The number of amides is 1. The molecule has 0 radical (unpaired) electrons. The highest BCUT2D eigenvalue weighted by Crippen LogP contribution is 2.28. The van der Waals surface area contributed by atoms with Crippen molar-refractivity contribution in [2.75, 3.05) is 50.6 Å². The first-order valence-corrected chi connectivity index (χ1v) is 10.9. The number of carbonyl (C=O) groups is 1. The largest absolute Gasteiger partial charge is 0.493 e. The molecular formula is C25H29N5O3. The van der Waals surface area contributed by atoms with Gasteiger partial charge in [0.25, 0.3) is 5.91 Å². The molecule has 172 valence electrons. The lowest BCUT2D eigenvalue weighted by Gasteiger charge is -2.35. The van der Waals surface area contributed by atoms with Crippen LogP contribution >= 0.6 is 0 Å². The molecule has 0 saturated carbocycles. The SMILES string of the molecule is COc1ccc(C(=O)N2CCN(c3nc(C)cc(Nc4ccc(C)cc4)n3)CC2)cc1OC. The number of hydrogen-bond acceptors (Lipinski definition) is 7. The number of benzene rings is 2. The Bertz CT molecular complexity index is 1130. The molecule has 0 atom stereocenters. The Morgan fingerprint density at radius 3 is 2.24 bits per heavy atom. The topological polar surface area (TPSA) is 79.8 Å². The molecule has 0 aliphatic carbocycles. The van der Waals surface area contributed by atoms with Gasteiger partial charge < -0.3 is 24.6 Å². The van der Waals surface area contributed by atoms with Crippen molar-refractivity contribution in [3.05, 3.63) is 65.4 Å². The number of piperazine rings is 1. The molecule has 8 nitrogen and oxygen atoms in total. The van der Waals surface area contributed by atoms with E-state index in [2.05, 4.69) is 34.3 Å². The van der Waals surface area contributed by atoms with Crippen LogP contribution in [0, 0.1) is 13.8 Å². The summed E-state index contributed by atoms with van der Waals surface area (Å²) in [6, 6.07) is 15.4. The highest BCUT2D eigenvalue weighted by Gasteiger charge is 2.24. The summed E-state index contributed by atoms with van der Waals surface area (Å²) in [4.78, 5) is 26.3. The van der Waals surface area contributed by atoms with Crippen molar-refractivity contribution in [2.45, 2.75) is 13.8 Å². The molecule has 1 saturated heterocycles. The van der Waals surface area contributed by atoms with Gasteiger partial charge in [0.05, 0.1) is 14.2 Å². The van der Waals surface area contributed by atoms with Crippen LogP contribution in [0.1, 0.15) is 21.6 Å². The van der Waals surface area contributed by atoms with E-state index >= 15 is 0 Å². The predicted molar refractivity (Wildman–Crippen MR) is 129 cm³/mol. The van der Waals surface area contributed by atoms with Crippen LogP contribution in [0.25, 0.3) is 0 Å². The number of anilines is 3. The van der Waals surface area contributed by atoms with Gasteiger partial charge in [0.1, 0.15) is 5.82 Å². The molecule has 33 heavy (non-hydrogen) atoms. The molecule has 1 aromatic heterocycles. The lowest BCUT2D eigenvalue weighted by molar-refractivity contribution is 0.0745. The first-order chi connectivity index (χ1) is 16.0. The zero-order chi connectivity index (χ0) is 23.4. The summed E-state index contributed by atoms with van der Waals surface area (Å²) < 4.78 is 10.6. The molecule has 8 heteroatoms. The Labute approximate surface area is 194 Å². The van der Waals surface area contributed by atoms with Crippen LogP contribution in [0.3, 0.4) is 0 Å². The summed E-state index contributed by atoms with van der Waals surface area (Å²) in [7, 11) is 3.14.